The fourth-order valence-electron chi connectivity index (χ4n) is 2.08. The summed E-state index contributed by atoms with van der Waals surface area (Å²) in [6, 6.07) is 3.95. The van der Waals surface area contributed by atoms with E-state index in [0.29, 0.717) is 0 Å². The summed E-state index contributed by atoms with van der Waals surface area (Å²) in [5.41, 5.74) is 3.41. The van der Waals surface area contributed by atoms with Crippen molar-refractivity contribution in [2.24, 2.45) is 0 Å². The second-order valence-corrected chi connectivity index (χ2v) is 5.12. The normalized spacial score (nSPS) is 12.7. The van der Waals surface area contributed by atoms with Crippen molar-refractivity contribution in [2.75, 3.05) is 0 Å². The Morgan fingerprint density at radius 1 is 1.25 bits per heavy atom. The molecule has 0 atom stereocenters. The van der Waals surface area contributed by atoms with E-state index in [1.807, 2.05) is 29.0 Å². The van der Waals surface area contributed by atoms with Crippen molar-refractivity contribution in [3.8, 4) is 0 Å². The Morgan fingerprint density at radius 3 is 2.81 bits per heavy atom. The van der Waals surface area contributed by atoms with Gasteiger partial charge in [-0.1, -0.05) is 20.8 Å². The SMILES string of the molecule is CC(C)(C)c1cnn2ccc3occc3c12. The van der Waals surface area contributed by atoms with Gasteiger partial charge in [0.05, 0.1) is 18.0 Å². The molecule has 0 aliphatic rings. The number of fused-ring (bicyclic) bond motifs is 3. The van der Waals surface area contributed by atoms with Gasteiger partial charge in [0.25, 0.3) is 0 Å². The first-order valence-electron chi connectivity index (χ1n) is 5.41. The molecule has 3 heteroatoms. The van der Waals surface area contributed by atoms with Gasteiger partial charge in [0.1, 0.15) is 5.58 Å². The monoisotopic (exact) mass is 214 g/mol. The molecule has 0 unspecified atom stereocenters. The maximum Gasteiger partial charge on any atom is 0.137 e. The lowest BCUT2D eigenvalue weighted by atomic mass is 9.87. The van der Waals surface area contributed by atoms with Gasteiger partial charge in [-0.3, -0.25) is 0 Å². The molecule has 3 heterocycles. The fourth-order valence-corrected chi connectivity index (χ4v) is 2.08. The van der Waals surface area contributed by atoms with Gasteiger partial charge in [-0.15, -0.1) is 0 Å². The molecule has 0 saturated heterocycles. The predicted molar refractivity (Wildman–Crippen MR) is 63.7 cm³/mol. The zero-order valence-electron chi connectivity index (χ0n) is 9.69. The summed E-state index contributed by atoms with van der Waals surface area (Å²) < 4.78 is 7.34. The van der Waals surface area contributed by atoms with Crippen LogP contribution in [0.4, 0.5) is 0 Å². The van der Waals surface area contributed by atoms with Crippen LogP contribution in [0.5, 0.6) is 0 Å². The summed E-state index contributed by atoms with van der Waals surface area (Å²) in [7, 11) is 0. The average Bonchev–Trinajstić information content (AvgIpc) is 2.81. The van der Waals surface area contributed by atoms with Crippen LogP contribution in [0.2, 0.25) is 0 Å². The maximum absolute atomic E-state index is 5.42. The van der Waals surface area contributed by atoms with E-state index >= 15 is 0 Å². The average molecular weight is 214 g/mol. The molecule has 0 radical (unpaired) electrons. The Morgan fingerprint density at radius 2 is 2.06 bits per heavy atom. The maximum atomic E-state index is 5.42. The van der Waals surface area contributed by atoms with E-state index < -0.39 is 0 Å². The molecular weight excluding hydrogens is 200 g/mol. The molecule has 0 saturated carbocycles. The van der Waals surface area contributed by atoms with Crippen molar-refractivity contribution in [3.05, 3.63) is 36.4 Å². The lowest BCUT2D eigenvalue weighted by Gasteiger charge is -2.16. The third kappa shape index (κ3) is 1.18. The summed E-state index contributed by atoms with van der Waals surface area (Å²) in [6.45, 7) is 6.59. The molecule has 16 heavy (non-hydrogen) atoms. The zero-order chi connectivity index (χ0) is 11.3. The Bertz CT molecular complexity index is 655. The van der Waals surface area contributed by atoms with Gasteiger partial charge in [0.2, 0.25) is 0 Å². The Balaban J connectivity index is 2.51. The number of furan rings is 1. The number of nitrogens with zero attached hydrogens (tertiary/aromatic N) is 2. The molecule has 0 amide bonds. The van der Waals surface area contributed by atoms with E-state index in [2.05, 4.69) is 25.9 Å². The van der Waals surface area contributed by atoms with Crippen LogP contribution in [0, 0.1) is 0 Å². The molecule has 3 nitrogen and oxygen atoms in total. The number of hydrogen-bond donors (Lipinski definition) is 0. The molecule has 0 aliphatic carbocycles. The van der Waals surface area contributed by atoms with Gasteiger partial charge in [-0.05, 0) is 17.5 Å². The quantitative estimate of drug-likeness (QED) is 0.574. The van der Waals surface area contributed by atoms with E-state index in [1.54, 1.807) is 6.26 Å². The third-order valence-electron chi connectivity index (χ3n) is 2.92. The Hall–Kier alpha value is -1.77. The van der Waals surface area contributed by atoms with E-state index in [-0.39, 0.29) is 5.41 Å². The van der Waals surface area contributed by atoms with Crippen LogP contribution in [0.3, 0.4) is 0 Å². The minimum atomic E-state index is 0.0906. The first kappa shape index (κ1) is 9.46. The van der Waals surface area contributed by atoms with Crippen LogP contribution < -0.4 is 0 Å². The molecule has 3 aromatic heterocycles. The number of pyridine rings is 1. The first-order valence-corrected chi connectivity index (χ1v) is 5.41. The van der Waals surface area contributed by atoms with Crippen molar-refractivity contribution in [3.63, 3.8) is 0 Å². The first-order chi connectivity index (χ1) is 7.57. The summed E-state index contributed by atoms with van der Waals surface area (Å²) in [4.78, 5) is 0. The molecule has 82 valence electrons. The number of aromatic nitrogens is 2. The van der Waals surface area contributed by atoms with Crippen LogP contribution >= 0.6 is 0 Å². The van der Waals surface area contributed by atoms with E-state index in [9.17, 15) is 0 Å². The van der Waals surface area contributed by atoms with Gasteiger partial charge < -0.3 is 4.42 Å². The summed E-state index contributed by atoms with van der Waals surface area (Å²) in [5, 5.41) is 5.52. The topological polar surface area (TPSA) is 30.4 Å². The van der Waals surface area contributed by atoms with Gasteiger partial charge in [0.15, 0.2) is 0 Å². The molecule has 3 aromatic rings. The van der Waals surface area contributed by atoms with Crippen LogP contribution in [0.15, 0.2) is 35.2 Å². The van der Waals surface area contributed by atoms with Crippen LogP contribution in [-0.2, 0) is 5.41 Å². The molecule has 3 rings (SSSR count). The van der Waals surface area contributed by atoms with Crippen molar-refractivity contribution < 1.29 is 4.42 Å². The highest BCUT2D eigenvalue weighted by Gasteiger charge is 2.20. The van der Waals surface area contributed by atoms with Crippen LogP contribution in [-0.4, -0.2) is 9.61 Å². The minimum absolute atomic E-state index is 0.0906. The van der Waals surface area contributed by atoms with Crippen LogP contribution in [0.25, 0.3) is 16.5 Å². The molecule has 0 aliphatic heterocycles. The largest absolute Gasteiger partial charge is 0.464 e. The number of rotatable bonds is 0. The summed E-state index contributed by atoms with van der Waals surface area (Å²) >= 11 is 0. The molecular formula is C13H14N2O. The van der Waals surface area contributed by atoms with Crippen molar-refractivity contribution in [1.29, 1.82) is 0 Å². The predicted octanol–water partition coefficient (Wildman–Crippen LogP) is 3.38. The Labute approximate surface area is 93.7 Å². The van der Waals surface area contributed by atoms with Gasteiger partial charge in [-0.2, -0.15) is 5.10 Å². The standard InChI is InChI=1S/C13H14N2O/c1-13(2,3)10-8-14-15-6-4-11-9(12(10)15)5-7-16-11/h4-8H,1-3H3. The smallest absolute Gasteiger partial charge is 0.137 e. The van der Waals surface area contributed by atoms with E-state index in [4.69, 9.17) is 4.42 Å². The fraction of sp³-hybridized carbons (Fsp3) is 0.308. The highest BCUT2D eigenvalue weighted by Crippen LogP contribution is 2.31. The lowest BCUT2D eigenvalue weighted by Crippen LogP contribution is -2.10. The summed E-state index contributed by atoms with van der Waals surface area (Å²) in [5.74, 6) is 0. The molecule has 0 spiro atoms. The lowest BCUT2D eigenvalue weighted by molar-refractivity contribution is 0.596. The molecule has 0 aromatic carbocycles. The van der Waals surface area contributed by atoms with Crippen LogP contribution in [0.1, 0.15) is 26.3 Å². The van der Waals surface area contributed by atoms with Gasteiger partial charge >= 0.3 is 0 Å². The number of hydrogen-bond acceptors (Lipinski definition) is 2. The second-order valence-electron chi connectivity index (χ2n) is 5.12. The highest BCUT2D eigenvalue weighted by atomic mass is 16.3. The van der Waals surface area contributed by atoms with Gasteiger partial charge in [0, 0.05) is 17.1 Å². The molecule has 0 bridgehead atoms. The molecule has 0 N–H and O–H groups in total. The van der Waals surface area contributed by atoms with E-state index in [0.717, 1.165) is 16.5 Å². The van der Waals surface area contributed by atoms with Crippen molar-refractivity contribution in [2.45, 2.75) is 26.2 Å². The van der Waals surface area contributed by atoms with Crippen molar-refractivity contribution >= 4 is 16.5 Å². The summed E-state index contributed by atoms with van der Waals surface area (Å²) in [6.07, 6.45) is 5.61. The van der Waals surface area contributed by atoms with Crippen molar-refractivity contribution in [1.82, 2.24) is 9.61 Å². The zero-order valence-corrected chi connectivity index (χ0v) is 9.69. The molecule has 0 fully saturated rings. The highest BCUT2D eigenvalue weighted by molar-refractivity contribution is 5.94. The Kier molecular flexibility index (Phi) is 1.70. The second kappa shape index (κ2) is 2.88. The van der Waals surface area contributed by atoms with E-state index in [1.165, 1.54) is 5.56 Å². The van der Waals surface area contributed by atoms with Gasteiger partial charge in [-0.25, -0.2) is 4.52 Å². The minimum Gasteiger partial charge on any atom is -0.464 e. The third-order valence-corrected chi connectivity index (χ3v) is 2.92.